The van der Waals surface area contributed by atoms with Crippen molar-refractivity contribution in [1.82, 2.24) is 9.97 Å². The fourth-order valence-corrected chi connectivity index (χ4v) is 3.40. The number of nitrogens with one attached hydrogen (secondary N) is 1. The molecule has 160 valence electrons. The van der Waals surface area contributed by atoms with E-state index in [0.29, 0.717) is 13.0 Å². The zero-order valence-electron chi connectivity index (χ0n) is 18.0. The topological polar surface area (TPSA) is 103 Å². The van der Waals surface area contributed by atoms with Gasteiger partial charge in [0.15, 0.2) is 0 Å². The van der Waals surface area contributed by atoms with Gasteiger partial charge >= 0.3 is 0 Å². The number of hydrogen-bond acceptors (Lipinski definition) is 7. The van der Waals surface area contributed by atoms with Crippen molar-refractivity contribution in [2.24, 2.45) is 0 Å². The number of hydrogen-bond donors (Lipinski definition) is 3. The highest BCUT2D eigenvalue weighted by molar-refractivity contribution is 5.53. The Morgan fingerprint density at radius 2 is 2.00 bits per heavy atom. The Morgan fingerprint density at radius 1 is 1.21 bits per heavy atom. The van der Waals surface area contributed by atoms with Crippen molar-refractivity contribution in [2.45, 2.75) is 58.6 Å². The van der Waals surface area contributed by atoms with Gasteiger partial charge in [0, 0.05) is 37.4 Å². The molecule has 0 amide bonds. The summed E-state index contributed by atoms with van der Waals surface area (Å²) in [5.74, 6) is 1.78. The van der Waals surface area contributed by atoms with Gasteiger partial charge in [-0.15, -0.1) is 0 Å². The molecule has 7 heteroatoms. The maximum Gasteiger partial charge on any atom is 0.222 e. The van der Waals surface area contributed by atoms with Crippen LogP contribution < -0.4 is 15.8 Å². The Hall–Kier alpha value is -2.38. The summed E-state index contributed by atoms with van der Waals surface area (Å²) in [4.78, 5) is 8.88. The van der Waals surface area contributed by atoms with E-state index in [1.165, 1.54) is 0 Å². The first-order chi connectivity index (χ1) is 14.0. The van der Waals surface area contributed by atoms with Crippen molar-refractivity contribution in [2.75, 3.05) is 31.9 Å². The highest BCUT2D eigenvalue weighted by Crippen LogP contribution is 2.28. The van der Waals surface area contributed by atoms with Crippen molar-refractivity contribution < 1.29 is 14.6 Å². The summed E-state index contributed by atoms with van der Waals surface area (Å²) in [7, 11) is 3.37. The molecule has 0 bridgehead atoms. The normalized spacial score (nSPS) is 12.0. The van der Waals surface area contributed by atoms with Crippen LogP contribution in [-0.4, -0.2) is 41.9 Å². The minimum atomic E-state index is -0.0184. The van der Waals surface area contributed by atoms with Crippen molar-refractivity contribution in [1.29, 1.82) is 0 Å². The highest BCUT2D eigenvalue weighted by Gasteiger charge is 2.17. The van der Waals surface area contributed by atoms with E-state index in [0.717, 1.165) is 59.6 Å². The lowest BCUT2D eigenvalue weighted by Gasteiger charge is -2.22. The smallest absolute Gasteiger partial charge is 0.222 e. The molecule has 0 aliphatic heterocycles. The largest absolute Gasteiger partial charge is 0.496 e. The van der Waals surface area contributed by atoms with Crippen molar-refractivity contribution in [3.8, 4) is 5.75 Å². The van der Waals surface area contributed by atoms with E-state index in [1.807, 2.05) is 25.1 Å². The summed E-state index contributed by atoms with van der Waals surface area (Å²) in [6.07, 6.45) is 4.76. The third-order valence-electron chi connectivity index (χ3n) is 5.04. The SMILES string of the molecule is CCCC[C@@H](CCOC)Nc1nc(N)nc(C)c1Cc1cc(CO)ccc1OC. The average molecular weight is 403 g/mol. The van der Waals surface area contributed by atoms with Crippen LogP contribution in [0.15, 0.2) is 18.2 Å². The van der Waals surface area contributed by atoms with E-state index in [9.17, 15) is 5.11 Å². The Morgan fingerprint density at radius 3 is 2.66 bits per heavy atom. The molecule has 0 saturated carbocycles. The first kappa shape index (κ1) is 22.9. The van der Waals surface area contributed by atoms with E-state index in [2.05, 4.69) is 22.2 Å². The standard InChI is InChI=1S/C22H34N4O3/c1-5-6-7-18(10-11-28-3)25-21-19(15(2)24-22(23)26-21)13-17-12-16(14-27)8-9-20(17)29-4/h8-9,12,18,27H,5-7,10-11,13-14H2,1-4H3,(H3,23,24,25,26)/t18-/m0/s1. The molecule has 0 radical (unpaired) electrons. The molecule has 2 aromatic rings. The summed E-state index contributed by atoms with van der Waals surface area (Å²) in [5.41, 5.74) is 9.57. The van der Waals surface area contributed by atoms with Crippen LogP contribution in [0.1, 0.15) is 55.0 Å². The van der Waals surface area contributed by atoms with Crippen molar-refractivity contribution in [3.05, 3.63) is 40.6 Å². The number of aryl methyl sites for hydroxylation is 1. The molecular formula is C22H34N4O3. The molecule has 0 aliphatic rings. The van der Waals surface area contributed by atoms with Gasteiger partial charge in [0.05, 0.1) is 13.7 Å². The Kier molecular flexibility index (Phi) is 9.15. The van der Waals surface area contributed by atoms with E-state index in [-0.39, 0.29) is 18.6 Å². The van der Waals surface area contributed by atoms with Gasteiger partial charge in [-0.25, -0.2) is 4.98 Å². The summed E-state index contributed by atoms with van der Waals surface area (Å²) >= 11 is 0. The van der Waals surface area contributed by atoms with Crippen LogP contribution in [-0.2, 0) is 17.8 Å². The second kappa shape index (κ2) is 11.6. The van der Waals surface area contributed by atoms with Crippen molar-refractivity contribution >= 4 is 11.8 Å². The number of ether oxygens (including phenoxy) is 2. The van der Waals surface area contributed by atoms with E-state index >= 15 is 0 Å². The molecule has 4 N–H and O–H groups in total. The highest BCUT2D eigenvalue weighted by atomic mass is 16.5. The molecule has 1 aromatic heterocycles. The number of aliphatic hydroxyl groups excluding tert-OH is 1. The summed E-state index contributed by atoms with van der Waals surface area (Å²) in [5, 5.41) is 13.1. The quantitative estimate of drug-likeness (QED) is 0.499. The number of nitrogens with zero attached hydrogens (tertiary/aromatic N) is 2. The summed E-state index contributed by atoms with van der Waals surface area (Å²) < 4.78 is 10.8. The number of rotatable bonds is 12. The second-order valence-corrected chi connectivity index (χ2v) is 7.24. The van der Waals surface area contributed by atoms with Crippen LogP contribution in [0.3, 0.4) is 0 Å². The second-order valence-electron chi connectivity index (χ2n) is 7.24. The predicted octanol–water partition coefficient (Wildman–Crippen LogP) is 3.47. The third-order valence-corrected chi connectivity index (χ3v) is 5.04. The molecule has 2 rings (SSSR count). The van der Waals surface area contributed by atoms with Gasteiger partial charge in [-0.3, -0.25) is 0 Å². The van der Waals surface area contributed by atoms with Crippen LogP contribution in [0, 0.1) is 6.92 Å². The molecular weight excluding hydrogens is 368 g/mol. The molecule has 0 fully saturated rings. The zero-order chi connectivity index (χ0) is 21.2. The van der Waals surface area contributed by atoms with Crippen LogP contribution in [0.2, 0.25) is 0 Å². The number of aromatic nitrogens is 2. The van der Waals surface area contributed by atoms with Gasteiger partial charge in [0.25, 0.3) is 0 Å². The summed E-state index contributed by atoms with van der Waals surface area (Å²) in [6, 6.07) is 5.94. The number of benzene rings is 1. The van der Waals surface area contributed by atoms with Crippen LogP contribution in [0.4, 0.5) is 11.8 Å². The molecule has 0 saturated heterocycles. The molecule has 1 aromatic carbocycles. The Labute approximate surface area is 173 Å². The minimum absolute atomic E-state index is 0.0184. The summed E-state index contributed by atoms with van der Waals surface area (Å²) in [6.45, 7) is 4.79. The van der Waals surface area contributed by atoms with Gasteiger partial charge in [-0.05, 0) is 43.0 Å². The monoisotopic (exact) mass is 402 g/mol. The lowest BCUT2D eigenvalue weighted by molar-refractivity contribution is 0.188. The molecule has 0 unspecified atom stereocenters. The fourth-order valence-electron chi connectivity index (χ4n) is 3.40. The molecule has 0 spiro atoms. The number of nitrogens with two attached hydrogens (primary N) is 1. The number of methoxy groups -OCH3 is 2. The maximum absolute atomic E-state index is 9.51. The Bertz CT molecular complexity index is 775. The lowest BCUT2D eigenvalue weighted by atomic mass is 10.00. The Balaban J connectivity index is 2.37. The van der Waals surface area contributed by atoms with Gasteiger partial charge in [0.2, 0.25) is 5.95 Å². The molecule has 29 heavy (non-hydrogen) atoms. The molecule has 7 nitrogen and oxygen atoms in total. The van der Waals surface area contributed by atoms with Gasteiger partial charge < -0.3 is 25.6 Å². The van der Waals surface area contributed by atoms with Gasteiger partial charge in [0.1, 0.15) is 11.6 Å². The van der Waals surface area contributed by atoms with Crippen LogP contribution in [0.5, 0.6) is 5.75 Å². The van der Waals surface area contributed by atoms with Gasteiger partial charge in [-0.1, -0.05) is 25.8 Å². The number of unbranched alkanes of at least 4 members (excludes halogenated alkanes) is 1. The zero-order valence-corrected chi connectivity index (χ0v) is 18.0. The van der Waals surface area contributed by atoms with E-state index < -0.39 is 0 Å². The molecule has 1 atom stereocenters. The number of anilines is 2. The van der Waals surface area contributed by atoms with Crippen LogP contribution in [0.25, 0.3) is 0 Å². The average Bonchev–Trinajstić information content (AvgIpc) is 2.72. The van der Waals surface area contributed by atoms with E-state index in [4.69, 9.17) is 15.2 Å². The fraction of sp³-hybridized carbons (Fsp3) is 0.545. The number of aliphatic hydroxyl groups is 1. The predicted molar refractivity (Wildman–Crippen MR) is 116 cm³/mol. The number of nitrogen functional groups attached to an aromatic ring is 1. The minimum Gasteiger partial charge on any atom is -0.496 e. The third kappa shape index (κ3) is 6.58. The molecule has 0 aliphatic carbocycles. The van der Waals surface area contributed by atoms with E-state index in [1.54, 1.807) is 14.2 Å². The lowest BCUT2D eigenvalue weighted by Crippen LogP contribution is -2.24. The maximum atomic E-state index is 9.51. The molecule has 1 heterocycles. The first-order valence-corrected chi connectivity index (χ1v) is 10.2. The van der Waals surface area contributed by atoms with Crippen LogP contribution >= 0.6 is 0 Å². The van der Waals surface area contributed by atoms with Gasteiger partial charge in [-0.2, -0.15) is 4.98 Å². The first-order valence-electron chi connectivity index (χ1n) is 10.2. The van der Waals surface area contributed by atoms with Crippen molar-refractivity contribution in [3.63, 3.8) is 0 Å².